The van der Waals surface area contributed by atoms with E-state index in [4.69, 9.17) is 10.5 Å². The first-order chi connectivity index (χ1) is 10.5. The van der Waals surface area contributed by atoms with Crippen LogP contribution in [0.3, 0.4) is 0 Å². The molecule has 0 aromatic carbocycles. The van der Waals surface area contributed by atoms with Crippen LogP contribution in [0.25, 0.3) is 0 Å². The molecule has 0 radical (unpaired) electrons. The van der Waals surface area contributed by atoms with Crippen LogP contribution in [0.2, 0.25) is 0 Å². The fourth-order valence-corrected chi connectivity index (χ4v) is 2.17. The van der Waals surface area contributed by atoms with Crippen molar-refractivity contribution in [2.24, 2.45) is 17.6 Å². The maximum Gasteiger partial charge on any atom is 0.333 e. The van der Waals surface area contributed by atoms with Gasteiger partial charge in [-0.15, -0.1) is 0 Å². The minimum Gasteiger partial charge on any atom is -0.457 e. The van der Waals surface area contributed by atoms with Crippen LogP contribution >= 0.6 is 0 Å². The third-order valence-corrected chi connectivity index (χ3v) is 3.46. The molecule has 1 unspecified atom stereocenters. The number of ether oxygens (including phenoxy) is 1. The summed E-state index contributed by atoms with van der Waals surface area (Å²) in [4.78, 5) is 23.7. The number of carbonyl (C=O) groups is 2. The highest BCUT2D eigenvalue weighted by molar-refractivity contribution is 5.89. The van der Waals surface area contributed by atoms with Crippen molar-refractivity contribution in [1.29, 1.82) is 0 Å². The van der Waals surface area contributed by atoms with Gasteiger partial charge < -0.3 is 15.8 Å². The molecule has 0 bridgehead atoms. The van der Waals surface area contributed by atoms with Crippen LogP contribution in [0.1, 0.15) is 60.8 Å². The highest BCUT2D eigenvalue weighted by atomic mass is 16.6. The first kappa shape index (κ1) is 21.6. The number of amides is 1. The molecule has 0 heterocycles. The lowest BCUT2D eigenvalue weighted by Crippen LogP contribution is -2.37. The van der Waals surface area contributed by atoms with Crippen molar-refractivity contribution in [2.45, 2.75) is 72.4 Å². The van der Waals surface area contributed by atoms with E-state index in [1.54, 1.807) is 20.8 Å². The molecule has 3 N–H and O–H groups in total. The van der Waals surface area contributed by atoms with Crippen LogP contribution in [0.4, 0.5) is 0 Å². The van der Waals surface area contributed by atoms with E-state index in [2.05, 4.69) is 32.7 Å². The highest BCUT2D eigenvalue weighted by Gasteiger charge is 2.25. The van der Waals surface area contributed by atoms with Crippen LogP contribution < -0.4 is 11.1 Å². The molecular formula is C18H34N2O3. The van der Waals surface area contributed by atoms with E-state index in [9.17, 15) is 9.59 Å². The molecule has 0 spiro atoms. The second kappa shape index (κ2) is 9.71. The van der Waals surface area contributed by atoms with Gasteiger partial charge in [0.2, 0.25) is 5.91 Å². The van der Waals surface area contributed by atoms with Crippen LogP contribution in [-0.2, 0) is 14.3 Å². The Morgan fingerprint density at radius 3 is 2.22 bits per heavy atom. The fraction of sp³-hybridized carbons (Fsp3) is 0.778. The summed E-state index contributed by atoms with van der Waals surface area (Å²) < 4.78 is 5.28. The Hall–Kier alpha value is -1.36. The van der Waals surface area contributed by atoms with Crippen molar-refractivity contribution in [3.05, 3.63) is 12.2 Å². The first-order valence-electron chi connectivity index (χ1n) is 8.40. The predicted octanol–water partition coefficient (Wildman–Crippen LogP) is 2.79. The van der Waals surface area contributed by atoms with Crippen molar-refractivity contribution < 1.29 is 14.3 Å². The van der Waals surface area contributed by atoms with Gasteiger partial charge in [0.15, 0.2) is 0 Å². The highest BCUT2D eigenvalue weighted by Crippen LogP contribution is 2.20. The molecule has 0 saturated carbocycles. The predicted molar refractivity (Wildman–Crippen MR) is 93.8 cm³/mol. The average Bonchev–Trinajstić information content (AvgIpc) is 2.39. The Morgan fingerprint density at radius 1 is 1.26 bits per heavy atom. The SMILES string of the molecule is C=C(CC(C[C@H](CC)NCC(C)C)C(N)=O)C(=O)OC(C)(C)C. The van der Waals surface area contributed by atoms with E-state index in [0.29, 0.717) is 17.9 Å². The molecule has 0 aromatic rings. The number of primary amides is 1. The lowest BCUT2D eigenvalue weighted by atomic mass is 9.91. The molecule has 23 heavy (non-hydrogen) atoms. The van der Waals surface area contributed by atoms with Gasteiger partial charge >= 0.3 is 5.97 Å². The Balaban J connectivity index is 4.70. The molecule has 0 rings (SSSR count). The number of carbonyl (C=O) groups excluding carboxylic acids is 2. The van der Waals surface area contributed by atoms with Crippen molar-refractivity contribution in [3.8, 4) is 0 Å². The van der Waals surface area contributed by atoms with Crippen molar-refractivity contribution in [2.75, 3.05) is 6.54 Å². The Labute approximate surface area is 141 Å². The lowest BCUT2D eigenvalue weighted by molar-refractivity contribution is -0.150. The molecule has 0 aliphatic carbocycles. The summed E-state index contributed by atoms with van der Waals surface area (Å²) in [7, 11) is 0. The second-order valence-corrected chi connectivity index (χ2v) is 7.55. The molecule has 0 aliphatic heterocycles. The van der Waals surface area contributed by atoms with Gasteiger partial charge in [0.05, 0.1) is 0 Å². The molecule has 0 saturated heterocycles. The molecular weight excluding hydrogens is 292 g/mol. The van der Waals surface area contributed by atoms with E-state index >= 15 is 0 Å². The van der Waals surface area contributed by atoms with Crippen molar-refractivity contribution in [1.82, 2.24) is 5.32 Å². The van der Waals surface area contributed by atoms with Crippen molar-refractivity contribution >= 4 is 11.9 Å². The summed E-state index contributed by atoms with van der Waals surface area (Å²) in [5, 5.41) is 3.44. The lowest BCUT2D eigenvalue weighted by Gasteiger charge is -2.24. The topological polar surface area (TPSA) is 81.4 Å². The Morgan fingerprint density at radius 2 is 1.83 bits per heavy atom. The van der Waals surface area contributed by atoms with E-state index in [1.165, 1.54) is 0 Å². The smallest absolute Gasteiger partial charge is 0.333 e. The van der Waals surface area contributed by atoms with Crippen LogP contribution in [0.5, 0.6) is 0 Å². The van der Waals surface area contributed by atoms with Gasteiger partial charge in [-0.2, -0.15) is 0 Å². The summed E-state index contributed by atoms with van der Waals surface area (Å²) in [6.45, 7) is 16.4. The number of hydrogen-bond acceptors (Lipinski definition) is 4. The van der Waals surface area contributed by atoms with Gasteiger partial charge in [0.25, 0.3) is 0 Å². The number of esters is 1. The first-order valence-corrected chi connectivity index (χ1v) is 8.40. The zero-order chi connectivity index (χ0) is 18.2. The second-order valence-electron chi connectivity index (χ2n) is 7.55. The molecule has 1 amide bonds. The maximum absolute atomic E-state index is 12.0. The quantitative estimate of drug-likeness (QED) is 0.478. The van der Waals surface area contributed by atoms with Gasteiger partial charge in [0.1, 0.15) is 5.60 Å². The molecule has 5 nitrogen and oxygen atoms in total. The van der Waals surface area contributed by atoms with Gasteiger partial charge in [-0.25, -0.2) is 4.79 Å². The standard InChI is InChI=1S/C18H34N2O3/c1-8-15(20-11-12(2)3)10-14(16(19)21)9-13(4)17(22)23-18(5,6)7/h12,14-15,20H,4,8-11H2,1-3,5-7H3,(H2,19,21)/t14?,15-/m0/s1. The number of rotatable bonds is 10. The van der Waals surface area contributed by atoms with Crippen LogP contribution in [0.15, 0.2) is 12.2 Å². The fourth-order valence-electron chi connectivity index (χ4n) is 2.17. The molecule has 2 atom stereocenters. The minimum atomic E-state index is -0.576. The number of nitrogens with one attached hydrogen (secondary N) is 1. The van der Waals surface area contributed by atoms with E-state index in [0.717, 1.165) is 13.0 Å². The third-order valence-electron chi connectivity index (χ3n) is 3.46. The Bertz CT molecular complexity index is 411. The summed E-state index contributed by atoms with van der Waals surface area (Å²) in [5.41, 5.74) is 5.23. The summed E-state index contributed by atoms with van der Waals surface area (Å²) in [6, 6.07) is 0.196. The number of hydrogen-bond donors (Lipinski definition) is 2. The average molecular weight is 326 g/mol. The molecule has 0 aliphatic rings. The minimum absolute atomic E-state index is 0.196. The van der Waals surface area contributed by atoms with E-state index < -0.39 is 23.4 Å². The van der Waals surface area contributed by atoms with E-state index in [1.807, 2.05) is 0 Å². The van der Waals surface area contributed by atoms with Gasteiger partial charge in [-0.1, -0.05) is 27.4 Å². The van der Waals surface area contributed by atoms with Crippen LogP contribution in [0, 0.1) is 11.8 Å². The van der Waals surface area contributed by atoms with Crippen molar-refractivity contribution in [3.63, 3.8) is 0 Å². The normalized spacial score (nSPS) is 14.4. The Kier molecular flexibility index (Phi) is 9.13. The third kappa shape index (κ3) is 10.1. The molecule has 0 aromatic heterocycles. The van der Waals surface area contributed by atoms with Gasteiger partial charge in [0, 0.05) is 17.5 Å². The largest absolute Gasteiger partial charge is 0.457 e. The van der Waals surface area contributed by atoms with Gasteiger partial charge in [-0.05, 0) is 52.5 Å². The van der Waals surface area contributed by atoms with Gasteiger partial charge in [-0.3, -0.25) is 4.79 Å². The molecule has 5 heteroatoms. The summed E-state index contributed by atoms with van der Waals surface area (Å²) >= 11 is 0. The monoisotopic (exact) mass is 326 g/mol. The summed E-state index contributed by atoms with van der Waals surface area (Å²) in [6.07, 6.45) is 1.74. The molecule has 134 valence electrons. The summed E-state index contributed by atoms with van der Waals surface area (Å²) in [5.74, 6) is -0.751. The zero-order valence-corrected chi connectivity index (χ0v) is 15.6. The van der Waals surface area contributed by atoms with Crippen LogP contribution in [-0.4, -0.2) is 30.1 Å². The molecule has 0 fully saturated rings. The number of nitrogens with two attached hydrogens (primary N) is 1. The zero-order valence-electron chi connectivity index (χ0n) is 15.6. The van der Waals surface area contributed by atoms with E-state index in [-0.39, 0.29) is 12.5 Å². The maximum atomic E-state index is 12.0.